The lowest BCUT2D eigenvalue weighted by Crippen LogP contribution is -2.08. The maximum absolute atomic E-state index is 12.9. The van der Waals surface area contributed by atoms with Crippen LogP contribution in [-0.2, 0) is 0 Å². The van der Waals surface area contributed by atoms with Gasteiger partial charge in [0.25, 0.3) is 11.3 Å². The molecule has 1 heterocycles. The first-order valence-electron chi connectivity index (χ1n) is 9.11. The summed E-state index contributed by atoms with van der Waals surface area (Å²) in [7, 11) is -6.00. The molecule has 4 aromatic rings. The maximum Gasteiger partial charge on any atom is 0.673 e. The number of carbonyl (C=O) groups excluding carboxylic acids is 1. The van der Waals surface area contributed by atoms with Gasteiger partial charge in [-0.2, -0.15) is 9.97 Å². The van der Waals surface area contributed by atoms with Crippen LogP contribution in [0.25, 0.3) is 21.1 Å². The zero-order valence-corrected chi connectivity index (χ0v) is 16.8. The second kappa shape index (κ2) is 10.0. The van der Waals surface area contributed by atoms with Crippen molar-refractivity contribution >= 4 is 24.4 Å². The fraction of sp³-hybridized carbons (Fsp3) is 0. The van der Waals surface area contributed by atoms with Crippen molar-refractivity contribution in [3.05, 3.63) is 102 Å². The zero-order valence-electron chi connectivity index (χ0n) is 16.0. The Kier molecular flexibility index (Phi) is 7.20. The quantitative estimate of drug-likeness (QED) is 0.153. The van der Waals surface area contributed by atoms with Crippen LogP contribution in [-0.4, -0.2) is 23.0 Å². The van der Waals surface area contributed by atoms with Gasteiger partial charge in [-0.15, -0.1) is 0 Å². The van der Waals surface area contributed by atoms with Crippen molar-refractivity contribution in [2.24, 2.45) is 0 Å². The second-order valence-electron chi connectivity index (χ2n) is 6.18. The normalized spacial score (nSPS) is 10.7. The van der Waals surface area contributed by atoms with E-state index in [1.807, 2.05) is 78.9 Å². The van der Waals surface area contributed by atoms with Crippen LogP contribution in [0.1, 0.15) is 16.2 Å². The number of carbonyl (C=O) groups is 1. The van der Waals surface area contributed by atoms with Crippen molar-refractivity contribution in [2.45, 2.75) is 0 Å². The van der Waals surface area contributed by atoms with E-state index < -0.39 is 7.25 Å². The Balaban J connectivity index is 0.000000491. The Morgan fingerprint density at radius 1 is 0.645 bits per heavy atom. The van der Waals surface area contributed by atoms with Crippen LogP contribution in [0.3, 0.4) is 0 Å². The standard InChI is InChI=1S/C22H15N2OS.BF4/c25-19(16-10-4-1-5-11-16)20-23-21(17-12-6-2-7-13-17)26-22(24-20)18-14-8-3-9-15-18;2-1(3,4)5/h1-15H;/q+1;-1. The topological polar surface area (TPSA) is 42.9 Å². The van der Waals surface area contributed by atoms with Gasteiger partial charge in [-0.3, -0.25) is 4.79 Å². The molecule has 156 valence electrons. The molecular weight excluding hydrogens is 427 g/mol. The third-order valence-electron chi connectivity index (χ3n) is 3.89. The van der Waals surface area contributed by atoms with Gasteiger partial charge in [-0.05, 0) is 24.3 Å². The Morgan fingerprint density at radius 3 is 1.39 bits per heavy atom. The molecule has 0 aliphatic heterocycles. The molecule has 0 spiro atoms. The number of aromatic nitrogens is 2. The highest BCUT2D eigenvalue weighted by molar-refractivity contribution is 7.17. The average molecular weight is 442 g/mol. The number of rotatable bonds is 4. The number of halogens is 4. The van der Waals surface area contributed by atoms with Gasteiger partial charge in [0.2, 0.25) is 11.6 Å². The Hall–Kier alpha value is -3.46. The molecule has 0 amide bonds. The average Bonchev–Trinajstić information content (AvgIpc) is 2.79. The smallest absolute Gasteiger partial charge is 0.418 e. The largest absolute Gasteiger partial charge is 0.673 e. The summed E-state index contributed by atoms with van der Waals surface area (Å²) in [5.41, 5.74) is 2.53. The molecule has 3 nitrogen and oxygen atoms in total. The molecule has 0 aliphatic rings. The third-order valence-corrected chi connectivity index (χ3v) is 4.93. The predicted molar refractivity (Wildman–Crippen MR) is 115 cm³/mol. The van der Waals surface area contributed by atoms with Crippen molar-refractivity contribution in [3.8, 4) is 21.1 Å². The molecular formula is C22H15BF4N2OS. The van der Waals surface area contributed by atoms with Gasteiger partial charge >= 0.3 is 17.3 Å². The lowest BCUT2D eigenvalue weighted by atomic mass is 10.1. The molecule has 0 radical (unpaired) electrons. The van der Waals surface area contributed by atoms with Crippen LogP contribution < -0.4 is 0 Å². The van der Waals surface area contributed by atoms with E-state index in [-0.39, 0.29) is 11.6 Å². The third kappa shape index (κ3) is 6.79. The van der Waals surface area contributed by atoms with Crippen LogP contribution in [0.15, 0.2) is 91.0 Å². The minimum atomic E-state index is -6.00. The summed E-state index contributed by atoms with van der Waals surface area (Å²) < 4.78 is 39.0. The van der Waals surface area contributed by atoms with Crippen LogP contribution >= 0.6 is 11.3 Å². The van der Waals surface area contributed by atoms with E-state index in [9.17, 15) is 22.1 Å². The van der Waals surface area contributed by atoms with Gasteiger partial charge in [0.15, 0.2) is 0 Å². The van der Waals surface area contributed by atoms with Crippen LogP contribution in [0.4, 0.5) is 17.3 Å². The molecule has 0 atom stereocenters. The summed E-state index contributed by atoms with van der Waals surface area (Å²) in [5, 5.41) is 1.55. The molecule has 0 aliphatic carbocycles. The number of ketones is 1. The van der Waals surface area contributed by atoms with Crippen molar-refractivity contribution < 1.29 is 22.1 Å². The molecule has 0 saturated heterocycles. The van der Waals surface area contributed by atoms with Crippen LogP contribution in [0.2, 0.25) is 0 Å². The van der Waals surface area contributed by atoms with Gasteiger partial charge in [-0.1, -0.05) is 66.7 Å². The minimum Gasteiger partial charge on any atom is -0.418 e. The Bertz CT molecular complexity index is 1080. The van der Waals surface area contributed by atoms with Crippen molar-refractivity contribution in [3.63, 3.8) is 0 Å². The number of hydrogen-bond acceptors (Lipinski definition) is 3. The molecule has 0 bridgehead atoms. The highest BCUT2D eigenvalue weighted by Crippen LogP contribution is 2.30. The molecule has 31 heavy (non-hydrogen) atoms. The van der Waals surface area contributed by atoms with E-state index in [0.29, 0.717) is 5.56 Å². The Morgan fingerprint density at radius 2 is 1.00 bits per heavy atom. The number of nitrogens with zero attached hydrogens (tertiary/aromatic N) is 2. The first-order chi connectivity index (χ1) is 14.8. The molecule has 0 saturated carbocycles. The number of hydrogen-bond donors (Lipinski definition) is 0. The summed E-state index contributed by atoms with van der Waals surface area (Å²) >= 11 is 1.48. The van der Waals surface area contributed by atoms with Gasteiger partial charge in [0.1, 0.15) is 0 Å². The summed E-state index contributed by atoms with van der Waals surface area (Å²) in [6, 6.07) is 28.9. The van der Waals surface area contributed by atoms with Crippen molar-refractivity contribution in [1.29, 1.82) is 0 Å². The summed E-state index contributed by atoms with van der Waals surface area (Å²) in [6.07, 6.45) is 0. The fourth-order valence-electron chi connectivity index (χ4n) is 2.58. The van der Waals surface area contributed by atoms with Gasteiger partial charge in [0, 0.05) is 5.56 Å². The lowest BCUT2D eigenvalue weighted by molar-refractivity contribution is 0.102. The fourth-order valence-corrected chi connectivity index (χ4v) is 3.54. The Labute approximate surface area is 180 Å². The molecule has 0 fully saturated rings. The minimum absolute atomic E-state index is 0.173. The summed E-state index contributed by atoms with van der Waals surface area (Å²) in [4.78, 5) is 22.0. The molecule has 0 N–H and O–H groups in total. The van der Waals surface area contributed by atoms with Gasteiger partial charge in [0.05, 0.1) is 11.1 Å². The highest BCUT2D eigenvalue weighted by Gasteiger charge is 2.25. The highest BCUT2D eigenvalue weighted by atomic mass is 32.1. The lowest BCUT2D eigenvalue weighted by Gasteiger charge is -2.00. The first-order valence-corrected chi connectivity index (χ1v) is 9.93. The molecule has 9 heteroatoms. The van der Waals surface area contributed by atoms with Crippen LogP contribution in [0, 0.1) is 0 Å². The first kappa shape index (κ1) is 22.2. The molecule has 0 unspecified atom stereocenters. The van der Waals surface area contributed by atoms with Crippen LogP contribution in [0.5, 0.6) is 0 Å². The summed E-state index contributed by atoms with van der Waals surface area (Å²) in [6.45, 7) is 0. The maximum atomic E-state index is 12.9. The summed E-state index contributed by atoms with van der Waals surface area (Å²) in [5.74, 6) is 0.0421. The predicted octanol–water partition coefficient (Wildman–Crippen LogP) is 6.68. The van der Waals surface area contributed by atoms with E-state index in [0.717, 1.165) is 21.1 Å². The molecule has 1 aromatic heterocycles. The van der Waals surface area contributed by atoms with E-state index in [1.165, 1.54) is 11.3 Å². The number of benzene rings is 3. The van der Waals surface area contributed by atoms with E-state index in [2.05, 4.69) is 9.97 Å². The van der Waals surface area contributed by atoms with Gasteiger partial charge in [-0.25, -0.2) is 0 Å². The second-order valence-corrected chi connectivity index (χ2v) is 7.16. The van der Waals surface area contributed by atoms with Gasteiger partial charge < -0.3 is 17.3 Å². The monoisotopic (exact) mass is 442 g/mol. The van der Waals surface area contributed by atoms with E-state index in [1.54, 1.807) is 12.1 Å². The van der Waals surface area contributed by atoms with E-state index >= 15 is 0 Å². The van der Waals surface area contributed by atoms with E-state index in [4.69, 9.17) is 0 Å². The SMILES string of the molecule is F[B-](F)(F)F.O=C(c1ccccc1)c1nc(-c2ccccc2)[s+]c(-c2ccccc2)n1. The molecule has 3 aromatic carbocycles. The molecule has 4 rings (SSSR count). The zero-order chi connectivity index (χ0) is 22.3. The van der Waals surface area contributed by atoms with Crippen molar-refractivity contribution in [2.75, 3.05) is 0 Å². The van der Waals surface area contributed by atoms with Crippen molar-refractivity contribution in [1.82, 2.24) is 9.97 Å².